The molecule has 0 aliphatic heterocycles. The van der Waals surface area contributed by atoms with Crippen LogP contribution < -0.4 is 10.6 Å². The maximum absolute atomic E-state index is 12.8. The first-order valence-electron chi connectivity index (χ1n) is 11.4. The van der Waals surface area contributed by atoms with Crippen LogP contribution in [0.1, 0.15) is 51.2 Å². The molecule has 3 unspecified atom stereocenters. The van der Waals surface area contributed by atoms with E-state index in [4.69, 9.17) is 4.74 Å². The Balaban J connectivity index is 1.67. The number of benzene rings is 2. The highest BCUT2D eigenvalue weighted by Gasteiger charge is 2.32. The van der Waals surface area contributed by atoms with Gasteiger partial charge in [0, 0.05) is 12.0 Å². The van der Waals surface area contributed by atoms with Crippen molar-refractivity contribution >= 4 is 18.0 Å². The van der Waals surface area contributed by atoms with Gasteiger partial charge in [-0.1, -0.05) is 68.8 Å². The summed E-state index contributed by atoms with van der Waals surface area (Å²) in [5.74, 6) is -2.39. The molecule has 1 aliphatic rings. The van der Waals surface area contributed by atoms with E-state index in [1.165, 1.54) is 6.92 Å². The van der Waals surface area contributed by atoms with Gasteiger partial charge in [-0.05, 0) is 42.0 Å². The largest absolute Gasteiger partial charge is 0.481 e. The van der Waals surface area contributed by atoms with Gasteiger partial charge in [0.1, 0.15) is 12.6 Å². The van der Waals surface area contributed by atoms with E-state index in [1.807, 2.05) is 50.2 Å². The number of carbonyl (C=O) groups is 3. The van der Waals surface area contributed by atoms with E-state index < -0.39 is 36.0 Å². The van der Waals surface area contributed by atoms with Crippen LogP contribution in [0.25, 0.3) is 11.1 Å². The minimum Gasteiger partial charge on any atom is -0.481 e. The Morgan fingerprint density at radius 2 is 1.48 bits per heavy atom. The van der Waals surface area contributed by atoms with E-state index in [-0.39, 0.29) is 18.4 Å². The zero-order chi connectivity index (χ0) is 24.1. The summed E-state index contributed by atoms with van der Waals surface area (Å²) in [6, 6.07) is 14.7. The van der Waals surface area contributed by atoms with E-state index in [1.54, 1.807) is 6.92 Å². The summed E-state index contributed by atoms with van der Waals surface area (Å²) in [5.41, 5.74) is 4.50. The monoisotopic (exact) mass is 452 g/mol. The summed E-state index contributed by atoms with van der Waals surface area (Å²) >= 11 is 0. The van der Waals surface area contributed by atoms with Crippen LogP contribution in [0.2, 0.25) is 0 Å². The van der Waals surface area contributed by atoms with Crippen molar-refractivity contribution in [3.63, 3.8) is 0 Å². The highest BCUT2D eigenvalue weighted by atomic mass is 16.5. The van der Waals surface area contributed by atoms with Gasteiger partial charge in [0.2, 0.25) is 5.91 Å². The number of nitrogens with one attached hydrogen (secondary N) is 2. The molecular weight excluding hydrogens is 420 g/mol. The molecule has 2 aromatic rings. The molecule has 33 heavy (non-hydrogen) atoms. The van der Waals surface area contributed by atoms with Crippen molar-refractivity contribution < 1.29 is 24.2 Å². The Morgan fingerprint density at radius 1 is 0.939 bits per heavy atom. The number of carboxylic acid groups (broad SMARTS) is 1. The summed E-state index contributed by atoms with van der Waals surface area (Å²) in [4.78, 5) is 36.7. The minimum atomic E-state index is -0.993. The fourth-order valence-electron chi connectivity index (χ4n) is 4.12. The second-order valence-corrected chi connectivity index (χ2v) is 8.76. The molecule has 7 nitrogen and oxygen atoms in total. The van der Waals surface area contributed by atoms with Gasteiger partial charge in [0.15, 0.2) is 0 Å². The van der Waals surface area contributed by atoms with Crippen LogP contribution >= 0.6 is 0 Å². The van der Waals surface area contributed by atoms with Gasteiger partial charge in [0.05, 0.1) is 5.92 Å². The van der Waals surface area contributed by atoms with Gasteiger partial charge in [-0.2, -0.15) is 0 Å². The average Bonchev–Trinajstić information content (AvgIpc) is 3.13. The van der Waals surface area contributed by atoms with Crippen molar-refractivity contribution in [2.75, 3.05) is 6.61 Å². The summed E-state index contributed by atoms with van der Waals surface area (Å²) in [6.45, 7) is 7.11. The zero-order valence-electron chi connectivity index (χ0n) is 19.5. The molecule has 176 valence electrons. The van der Waals surface area contributed by atoms with Gasteiger partial charge in [-0.3, -0.25) is 9.59 Å². The van der Waals surface area contributed by atoms with E-state index >= 15 is 0 Å². The summed E-state index contributed by atoms with van der Waals surface area (Å²) < 4.78 is 5.58. The molecular formula is C26H32N2O5. The minimum absolute atomic E-state index is 0.0736. The lowest BCUT2D eigenvalue weighted by molar-refractivity contribution is -0.142. The number of fused-ring (bicyclic) bond motifs is 3. The third kappa shape index (κ3) is 5.35. The molecule has 0 spiro atoms. The van der Waals surface area contributed by atoms with Crippen molar-refractivity contribution in [3.8, 4) is 11.1 Å². The van der Waals surface area contributed by atoms with Gasteiger partial charge in [-0.25, -0.2) is 4.79 Å². The smallest absolute Gasteiger partial charge is 0.407 e. The standard InChI is InChI=1S/C26H32N2O5/c1-5-15(2)23(24(29)27-17(4)16(3)25(30)31)28-26(32)33-14-22-20-12-8-6-10-18(20)19-11-7-9-13-21(19)22/h6-13,15-17,22-23H,5,14H2,1-4H3,(H,27,29)(H,28,32)(H,30,31)/t15?,16?,17?,23-/m0/s1. The molecule has 0 bridgehead atoms. The van der Waals surface area contributed by atoms with Crippen molar-refractivity contribution in [2.45, 2.75) is 52.1 Å². The molecule has 0 heterocycles. The number of aliphatic carboxylic acids is 1. The van der Waals surface area contributed by atoms with Crippen LogP contribution in [-0.2, 0) is 14.3 Å². The van der Waals surface area contributed by atoms with Crippen LogP contribution in [0, 0.1) is 11.8 Å². The van der Waals surface area contributed by atoms with Gasteiger partial charge in [0.25, 0.3) is 0 Å². The molecule has 0 saturated heterocycles. The van der Waals surface area contributed by atoms with Crippen LogP contribution in [-0.4, -0.2) is 41.8 Å². The molecule has 3 N–H and O–H groups in total. The molecule has 3 rings (SSSR count). The van der Waals surface area contributed by atoms with Crippen molar-refractivity contribution in [2.24, 2.45) is 11.8 Å². The molecule has 7 heteroatoms. The highest BCUT2D eigenvalue weighted by molar-refractivity contribution is 5.86. The number of rotatable bonds is 9. The lowest BCUT2D eigenvalue weighted by Gasteiger charge is -2.26. The highest BCUT2D eigenvalue weighted by Crippen LogP contribution is 2.44. The van der Waals surface area contributed by atoms with Gasteiger partial charge >= 0.3 is 12.1 Å². The van der Waals surface area contributed by atoms with Crippen LogP contribution in [0.15, 0.2) is 48.5 Å². The Labute approximate surface area is 194 Å². The first-order valence-corrected chi connectivity index (χ1v) is 11.4. The van der Waals surface area contributed by atoms with Crippen LogP contribution in [0.3, 0.4) is 0 Å². The quantitative estimate of drug-likeness (QED) is 0.530. The van der Waals surface area contributed by atoms with Crippen molar-refractivity contribution in [1.29, 1.82) is 0 Å². The topological polar surface area (TPSA) is 105 Å². The second kappa shape index (κ2) is 10.5. The first-order chi connectivity index (χ1) is 15.7. The maximum atomic E-state index is 12.8. The van der Waals surface area contributed by atoms with E-state index in [9.17, 15) is 19.5 Å². The third-order valence-electron chi connectivity index (χ3n) is 6.62. The molecule has 0 radical (unpaired) electrons. The van der Waals surface area contributed by atoms with Gasteiger partial charge < -0.3 is 20.5 Å². The molecule has 1 aliphatic carbocycles. The van der Waals surface area contributed by atoms with E-state index in [2.05, 4.69) is 22.8 Å². The average molecular weight is 453 g/mol. The number of carboxylic acids is 1. The normalized spacial score (nSPS) is 16.0. The molecule has 0 fully saturated rings. The van der Waals surface area contributed by atoms with E-state index in [0.29, 0.717) is 6.42 Å². The third-order valence-corrected chi connectivity index (χ3v) is 6.62. The van der Waals surface area contributed by atoms with Crippen molar-refractivity contribution in [1.82, 2.24) is 10.6 Å². The second-order valence-electron chi connectivity index (χ2n) is 8.76. The SMILES string of the molecule is CCC(C)[C@H](NC(=O)OCC1c2ccccc2-c2ccccc21)C(=O)NC(C)C(C)C(=O)O. The predicted molar refractivity (Wildman–Crippen MR) is 126 cm³/mol. The molecule has 0 aromatic heterocycles. The summed E-state index contributed by atoms with van der Waals surface area (Å²) in [7, 11) is 0. The number of carbonyl (C=O) groups excluding carboxylic acids is 2. The maximum Gasteiger partial charge on any atom is 0.407 e. The van der Waals surface area contributed by atoms with E-state index in [0.717, 1.165) is 22.3 Å². The molecule has 4 atom stereocenters. The fraction of sp³-hybridized carbons (Fsp3) is 0.423. The predicted octanol–water partition coefficient (Wildman–Crippen LogP) is 4.17. The molecule has 2 aromatic carbocycles. The zero-order valence-corrected chi connectivity index (χ0v) is 19.5. The lowest BCUT2D eigenvalue weighted by Crippen LogP contribution is -2.53. The number of hydrogen-bond donors (Lipinski definition) is 3. The van der Waals surface area contributed by atoms with Gasteiger partial charge in [-0.15, -0.1) is 0 Å². The number of hydrogen-bond acceptors (Lipinski definition) is 4. The van der Waals surface area contributed by atoms with Crippen LogP contribution in [0.4, 0.5) is 4.79 Å². The Kier molecular flexibility index (Phi) is 7.74. The lowest BCUT2D eigenvalue weighted by atomic mass is 9.97. The Hall–Kier alpha value is -3.35. The Morgan fingerprint density at radius 3 is 2.00 bits per heavy atom. The first kappa shape index (κ1) is 24.3. The number of amides is 2. The number of alkyl carbamates (subject to hydrolysis) is 1. The van der Waals surface area contributed by atoms with Crippen LogP contribution in [0.5, 0.6) is 0 Å². The van der Waals surface area contributed by atoms with Crippen molar-refractivity contribution in [3.05, 3.63) is 59.7 Å². The summed E-state index contributed by atoms with van der Waals surface area (Å²) in [5, 5.41) is 14.6. The fourth-order valence-corrected chi connectivity index (χ4v) is 4.12. The number of ether oxygens (including phenoxy) is 1. The summed E-state index contributed by atoms with van der Waals surface area (Å²) in [6.07, 6.45) is -0.0128. The Bertz CT molecular complexity index is 976. The molecule has 0 saturated carbocycles. The molecule has 2 amide bonds.